The molecule has 0 saturated carbocycles. The number of carbonyl (C=O) groups excluding carboxylic acids is 1. The second kappa shape index (κ2) is 3.32. The minimum Gasteiger partial charge on any atom is -0.347 e. The van der Waals surface area contributed by atoms with E-state index in [9.17, 15) is 25.2 Å². The summed E-state index contributed by atoms with van der Waals surface area (Å²) in [5.74, 6) is -17.0. The summed E-state index contributed by atoms with van der Waals surface area (Å²) in [5, 5.41) is 74.3. The van der Waals surface area contributed by atoms with Crippen molar-refractivity contribution in [3.8, 4) is 0 Å². The van der Waals surface area contributed by atoms with Crippen molar-refractivity contribution in [2.45, 2.75) is 30.6 Å². The molecule has 11 heteroatoms. The second-order valence-corrected chi connectivity index (χ2v) is 3.59. The third-order valence-electron chi connectivity index (χ3n) is 2.22. The van der Waals surface area contributed by atoms with Crippen LogP contribution in [0.25, 0.3) is 0 Å². The number of rotatable bonds is 0. The molecule has 1 aliphatic heterocycles. The fraction of sp³-hybridized carbons (Fsp3) is 0.833. The first kappa shape index (κ1) is 14.2. The number of nitrogens with zero attached hydrogens (tertiary/aromatic N) is 1. The molecule has 0 aromatic rings. The summed E-state index contributed by atoms with van der Waals surface area (Å²) in [6, 6.07) is 0. The highest BCUT2D eigenvalue weighted by molar-refractivity contribution is 5.74. The van der Waals surface area contributed by atoms with Gasteiger partial charge in [-0.25, -0.2) is 10.2 Å². The predicted molar refractivity (Wildman–Crippen MR) is 44.3 cm³/mol. The van der Waals surface area contributed by atoms with E-state index < -0.39 is 34.5 Å². The summed E-state index contributed by atoms with van der Waals surface area (Å²) >= 11 is 0. The molecule has 100 valence electrons. The van der Waals surface area contributed by atoms with E-state index in [1.54, 1.807) is 0 Å². The van der Waals surface area contributed by atoms with E-state index in [1.807, 2.05) is 0 Å². The molecular formula is C6H12N2O9. The normalized spacial score (nSPS) is 28.9. The molecule has 0 bridgehead atoms. The number of aliphatic hydroxyl groups is 8. The predicted octanol–water partition coefficient (Wildman–Crippen LogP) is -6.01. The third-order valence-corrected chi connectivity index (χ3v) is 2.22. The Hall–Kier alpha value is -0.890. The van der Waals surface area contributed by atoms with Gasteiger partial charge < -0.3 is 40.9 Å². The molecule has 11 nitrogen and oxygen atoms in total. The van der Waals surface area contributed by atoms with Gasteiger partial charge in [0.15, 0.2) is 0 Å². The van der Waals surface area contributed by atoms with Crippen LogP contribution in [0.1, 0.15) is 6.92 Å². The van der Waals surface area contributed by atoms with Gasteiger partial charge in [0.2, 0.25) is 5.91 Å². The van der Waals surface area contributed by atoms with E-state index in [-0.39, 0.29) is 0 Å². The molecule has 1 heterocycles. The average Bonchev–Trinajstić information content (AvgIpc) is 1.96. The Morgan fingerprint density at radius 1 is 0.882 bits per heavy atom. The molecule has 0 atom stereocenters. The van der Waals surface area contributed by atoms with Gasteiger partial charge in [-0.2, -0.15) is 0 Å². The first-order chi connectivity index (χ1) is 7.27. The molecule has 1 aliphatic rings. The fourth-order valence-corrected chi connectivity index (χ4v) is 1.38. The van der Waals surface area contributed by atoms with Crippen LogP contribution in [0.3, 0.4) is 0 Å². The topological polar surface area (TPSA) is 194 Å². The van der Waals surface area contributed by atoms with Crippen LogP contribution in [0.2, 0.25) is 0 Å². The maximum atomic E-state index is 11.0. The van der Waals surface area contributed by atoms with E-state index >= 15 is 0 Å². The number of piperazine rings is 1. The summed E-state index contributed by atoms with van der Waals surface area (Å²) in [4.78, 5) is 10.3. The lowest BCUT2D eigenvalue weighted by atomic mass is 10.1. The van der Waals surface area contributed by atoms with Gasteiger partial charge in [-0.05, 0) is 0 Å². The maximum Gasteiger partial charge on any atom is 0.326 e. The maximum absolute atomic E-state index is 11.0. The second-order valence-electron chi connectivity index (χ2n) is 3.59. The molecule has 0 aliphatic carbocycles. The number of amides is 1. The summed E-state index contributed by atoms with van der Waals surface area (Å²) < 4.78 is 0. The smallest absolute Gasteiger partial charge is 0.326 e. The Labute approximate surface area is 93.4 Å². The molecule has 1 rings (SSSR count). The van der Waals surface area contributed by atoms with Crippen molar-refractivity contribution in [1.82, 2.24) is 10.2 Å². The minimum atomic E-state index is -3.93. The highest BCUT2D eigenvalue weighted by Crippen LogP contribution is 2.36. The zero-order chi connectivity index (χ0) is 13.9. The van der Waals surface area contributed by atoms with Crippen LogP contribution < -0.4 is 5.32 Å². The van der Waals surface area contributed by atoms with Gasteiger partial charge in [-0.3, -0.25) is 4.79 Å². The number of hydrogen-bond acceptors (Lipinski definition) is 10. The fourth-order valence-electron chi connectivity index (χ4n) is 1.38. The summed E-state index contributed by atoms with van der Waals surface area (Å²) in [6.07, 6.45) is 0. The van der Waals surface area contributed by atoms with Crippen LogP contribution >= 0.6 is 0 Å². The molecule has 1 amide bonds. The molecule has 0 radical (unpaired) electrons. The molecule has 9 N–H and O–H groups in total. The van der Waals surface area contributed by atoms with Crippen LogP contribution in [-0.2, 0) is 4.79 Å². The van der Waals surface area contributed by atoms with Crippen LogP contribution in [0.4, 0.5) is 0 Å². The zero-order valence-corrected chi connectivity index (χ0v) is 8.43. The largest absolute Gasteiger partial charge is 0.347 e. The van der Waals surface area contributed by atoms with Gasteiger partial charge in [-0.1, -0.05) is 0 Å². The van der Waals surface area contributed by atoms with Crippen LogP contribution in [0.15, 0.2) is 0 Å². The van der Waals surface area contributed by atoms with Gasteiger partial charge in [-0.15, -0.1) is 0 Å². The van der Waals surface area contributed by atoms with Crippen molar-refractivity contribution in [1.29, 1.82) is 0 Å². The van der Waals surface area contributed by atoms with Gasteiger partial charge in [0.25, 0.3) is 0 Å². The molecule has 0 unspecified atom stereocenters. The van der Waals surface area contributed by atoms with Gasteiger partial charge in [0, 0.05) is 6.92 Å². The Bertz CT molecular complexity index is 323. The lowest BCUT2D eigenvalue weighted by Gasteiger charge is -2.55. The molecule has 1 saturated heterocycles. The van der Waals surface area contributed by atoms with Gasteiger partial charge in [0.1, 0.15) is 0 Å². The van der Waals surface area contributed by atoms with Crippen molar-refractivity contribution >= 4 is 5.91 Å². The Morgan fingerprint density at radius 3 is 1.41 bits per heavy atom. The number of carbonyl (C=O) groups is 1. The third kappa shape index (κ3) is 1.70. The van der Waals surface area contributed by atoms with E-state index in [1.165, 1.54) is 0 Å². The molecular weight excluding hydrogens is 244 g/mol. The van der Waals surface area contributed by atoms with Crippen molar-refractivity contribution in [3.63, 3.8) is 0 Å². The van der Waals surface area contributed by atoms with Crippen LogP contribution in [-0.4, -0.2) is 75.3 Å². The Morgan fingerprint density at radius 2 is 1.18 bits per heavy atom. The lowest BCUT2D eigenvalue weighted by molar-refractivity contribution is -0.553. The summed E-state index contributed by atoms with van der Waals surface area (Å²) in [7, 11) is 0. The number of nitrogens with one attached hydrogen (secondary N) is 1. The standard InChI is InChI=1S/C6H12N2O9/c1-2(9)8-5(14,15)3(10,11)7-4(12,13)6(8,16)17/h7,10-17H,1H3. The Balaban J connectivity index is 3.43. The SMILES string of the molecule is CC(=O)N1C(O)(O)C(O)(O)NC(O)(O)C1(O)O. The van der Waals surface area contributed by atoms with E-state index in [2.05, 4.69) is 0 Å². The molecule has 0 aromatic heterocycles. The average molecular weight is 256 g/mol. The zero-order valence-electron chi connectivity index (χ0n) is 8.43. The van der Waals surface area contributed by atoms with Crippen molar-refractivity contribution in [3.05, 3.63) is 0 Å². The highest BCUT2D eigenvalue weighted by atomic mass is 16.7. The molecule has 1 fully saturated rings. The molecule has 0 aromatic carbocycles. The summed E-state index contributed by atoms with van der Waals surface area (Å²) in [5.41, 5.74) is 0. The van der Waals surface area contributed by atoms with Crippen molar-refractivity contribution in [2.75, 3.05) is 0 Å². The molecule has 0 spiro atoms. The Kier molecular flexibility index (Phi) is 2.77. The van der Waals surface area contributed by atoms with Crippen LogP contribution in [0.5, 0.6) is 0 Å². The summed E-state index contributed by atoms with van der Waals surface area (Å²) in [6.45, 7) is 0.583. The first-order valence-corrected chi connectivity index (χ1v) is 4.16. The van der Waals surface area contributed by atoms with E-state index in [4.69, 9.17) is 20.4 Å². The van der Waals surface area contributed by atoms with Gasteiger partial charge >= 0.3 is 23.6 Å². The van der Waals surface area contributed by atoms with Gasteiger partial charge in [0.05, 0.1) is 0 Å². The highest BCUT2D eigenvalue weighted by Gasteiger charge is 2.73. The van der Waals surface area contributed by atoms with Crippen LogP contribution in [0, 0.1) is 0 Å². The monoisotopic (exact) mass is 256 g/mol. The van der Waals surface area contributed by atoms with Crippen molar-refractivity contribution < 1.29 is 45.6 Å². The van der Waals surface area contributed by atoms with E-state index in [0.29, 0.717) is 6.92 Å². The first-order valence-electron chi connectivity index (χ1n) is 4.16. The minimum absolute atomic E-state index is 0.583. The quantitative estimate of drug-likeness (QED) is 0.188. The lowest BCUT2D eigenvalue weighted by Crippen LogP contribution is -2.90. The molecule has 17 heavy (non-hydrogen) atoms. The van der Waals surface area contributed by atoms with Crippen molar-refractivity contribution in [2.24, 2.45) is 0 Å². The number of hydrogen-bond donors (Lipinski definition) is 9. The van der Waals surface area contributed by atoms with E-state index in [0.717, 1.165) is 5.32 Å².